The summed E-state index contributed by atoms with van der Waals surface area (Å²) in [4.78, 5) is 40.5. The highest BCUT2D eigenvalue weighted by molar-refractivity contribution is 7.22. The summed E-state index contributed by atoms with van der Waals surface area (Å²) >= 11 is 2.74. The summed E-state index contributed by atoms with van der Waals surface area (Å²) in [5, 5.41) is 15.9. The van der Waals surface area contributed by atoms with Gasteiger partial charge in [-0.2, -0.15) is 0 Å². The third kappa shape index (κ3) is 4.41. The number of anilines is 1. The minimum absolute atomic E-state index is 0.0836. The number of aryl methyl sites for hydroxylation is 1. The Morgan fingerprint density at radius 2 is 1.96 bits per heavy atom. The Morgan fingerprint density at radius 3 is 2.57 bits per heavy atom. The van der Waals surface area contributed by atoms with Gasteiger partial charge in [0.15, 0.2) is 6.10 Å². The van der Waals surface area contributed by atoms with Crippen LogP contribution in [0.1, 0.15) is 22.3 Å². The molecule has 144 valence electrons. The number of rotatable bonds is 6. The maximum absolute atomic E-state index is 12.4. The summed E-state index contributed by atoms with van der Waals surface area (Å²) in [7, 11) is 0. The van der Waals surface area contributed by atoms with E-state index in [2.05, 4.69) is 10.3 Å². The first-order valence-electron chi connectivity index (χ1n) is 8.12. The van der Waals surface area contributed by atoms with Crippen molar-refractivity contribution in [3.63, 3.8) is 0 Å². The van der Waals surface area contributed by atoms with Crippen molar-refractivity contribution in [2.75, 3.05) is 5.32 Å². The molecule has 1 amide bonds. The summed E-state index contributed by atoms with van der Waals surface area (Å²) in [6, 6.07) is 9.19. The van der Waals surface area contributed by atoms with Crippen LogP contribution < -0.4 is 5.32 Å². The number of non-ortho nitro benzene ring substituents is 1. The average molecular weight is 417 g/mol. The smallest absolute Gasteiger partial charge is 0.351 e. The molecule has 0 bridgehead atoms. The van der Waals surface area contributed by atoms with E-state index in [0.29, 0.717) is 16.3 Å². The van der Waals surface area contributed by atoms with E-state index in [1.54, 1.807) is 6.92 Å². The molecule has 1 unspecified atom stereocenters. The molecule has 0 aliphatic rings. The number of benzene rings is 1. The summed E-state index contributed by atoms with van der Waals surface area (Å²) in [6.45, 7) is 3.17. The number of hydrogen-bond donors (Lipinski definition) is 1. The second-order valence-electron chi connectivity index (χ2n) is 5.75. The van der Waals surface area contributed by atoms with Crippen LogP contribution >= 0.6 is 22.7 Å². The predicted octanol–water partition coefficient (Wildman–Crippen LogP) is 4.27. The molecule has 0 fully saturated rings. The Morgan fingerprint density at radius 1 is 1.25 bits per heavy atom. The maximum Gasteiger partial charge on any atom is 0.351 e. The van der Waals surface area contributed by atoms with Gasteiger partial charge in [0.1, 0.15) is 9.88 Å². The van der Waals surface area contributed by atoms with E-state index in [1.165, 1.54) is 53.9 Å². The fourth-order valence-corrected chi connectivity index (χ4v) is 4.02. The molecular weight excluding hydrogens is 402 g/mol. The highest BCUT2D eigenvalue weighted by atomic mass is 32.1. The highest BCUT2D eigenvalue weighted by Crippen LogP contribution is 2.31. The van der Waals surface area contributed by atoms with Gasteiger partial charge in [0.2, 0.25) is 0 Å². The zero-order valence-electron chi connectivity index (χ0n) is 14.9. The van der Waals surface area contributed by atoms with Crippen LogP contribution in [0.3, 0.4) is 0 Å². The van der Waals surface area contributed by atoms with Crippen molar-refractivity contribution in [1.29, 1.82) is 0 Å². The van der Waals surface area contributed by atoms with Crippen LogP contribution in [0.4, 0.5) is 11.4 Å². The molecule has 3 aromatic rings. The van der Waals surface area contributed by atoms with Gasteiger partial charge in [0.05, 0.1) is 15.5 Å². The minimum atomic E-state index is -1.05. The van der Waals surface area contributed by atoms with Crippen molar-refractivity contribution in [1.82, 2.24) is 4.98 Å². The standard InChI is InChI=1S/C18H15N3O5S2/c1-10-15(28-17(19-10)14-4-3-9-27-14)18(23)26-11(2)16(22)20-12-5-7-13(8-6-12)21(24)25/h3-9,11H,1-2H3,(H,20,22). The Labute approximate surface area is 168 Å². The third-order valence-electron chi connectivity index (χ3n) is 3.71. The van der Waals surface area contributed by atoms with Crippen LogP contribution in [0, 0.1) is 17.0 Å². The van der Waals surface area contributed by atoms with E-state index in [0.717, 1.165) is 9.88 Å². The van der Waals surface area contributed by atoms with Gasteiger partial charge in [-0.15, -0.1) is 22.7 Å². The van der Waals surface area contributed by atoms with E-state index < -0.39 is 22.9 Å². The molecule has 0 radical (unpaired) electrons. The molecule has 8 nitrogen and oxygen atoms in total. The number of nitro benzene ring substituents is 1. The monoisotopic (exact) mass is 417 g/mol. The van der Waals surface area contributed by atoms with Crippen molar-refractivity contribution in [3.8, 4) is 9.88 Å². The number of nitrogens with one attached hydrogen (secondary N) is 1. The zero-order chi connectivity index (χ0) is 20.3. The van der Waals surface area contributed by atoms with Gasteiger partial charge < -0.3 is 10.1 Å². The Bertz CT molecular complexity index is 1010. The van der Waals surface area contributed by atoms with Crippen molar-refractivity contribution < 1.29 is 19.2 Å². The number of ether oxygens (including phenoxy) is 1. The SMILES string of the molecule is Cc1nc(-c2cccs2)sc1C(=O)OC(C)C(=O)Nc1ccc([N+](=O)[O-])cc1. The molecule has 0 aliphatic carbocycles. The lowest BCUT2D eigenvalue weighted by Crippen LogP contribution is -2.29. The molecule has 0 saturated heterocycles. The lowest BCUT2D eigenvalue weighted by atomic mass is 10.2. The number of thiophene rings is 1. The quantitative estimate of drug-likeness (QED) is 0.364. The molecular formula is C18H15N3O5S2. The van der Waals surface area contributed by atoms with E-state index in [4.69, 9.17) is 4.74 Å². The number of thiazole rings is 1. The van der Waals surface area contributed by atoms with Crippen LogP contribution in [-0.4, -0.2) is 27.9 Å². The Kier molecular flexibility index (Phi) is 5.81. The van der Waals surface area contributed by atoms with Crippen LogP contribution in [-0.2, 0) is 9.53 Å². The molecule has 0 aliphatic heterocycles. The van der Waals surface area contributed by atoms with Crippen molar-refractivity contribution in [3.05, 3.63) is 62.5 Å². The number of esters is 1. The number of amides is 1. The van der Waals surface area contributed by atoms with Gasteiger partial charge in [0.25, 0.3) is 11.6 Å². The molecule has 1 atom stereocenters. The number of nitrogens with zero attached hydrogens (tertiary/aromatic N) is 2. The molecule has 2 aromatic heterocycles. The first-order valence-corrected chi connectivity index (χ1v) is 9.82. The normalized spacial score (nSPS) is 11.6. The molecule has 3 rings (SSSR count). The minimum Gasteiger partial charge on any atom is -0.448 e. The zero-order valence-corrected chi connectivity index (χ0v) is 16.5. The highest BCUT2D eigenvalue weighted by Gasteiger charge is 2.23. The Balaban J connectivity index is 1.63. The van der Waals surface area contributed by atoms with E-state index in [1.807, 2.05) is 17.5 Å². The third-order valence-corrected chi connectivity index (χ3v) is 5.89. The average Bonchev–Trinajstić information content (AvgIpc) is 3.31. The molecule has 28 heavy (non-hydrogen) atoms. The van der Waals surface area contributed by atoms with E-state index >= 15 is 0 Å². The number of hydrogen-bond acceptors (Lipinski definition) is 8. The summed E-state index contributed by atoms with van der Waals surface area (Å²) in [5.41, 5.74) is 0.827. The first kappa shape index (κ1) is 19.6. The lowest BCUT2D eigenvalue weighted by Gasteiger charge is -2.13. The predicted molar refractivity (Wildman–Crippen MR) is 107 cm³/mol. The molecule has 1 aromatic carbocycles. The summed E-state index contributed by atoms with van der Waals surface area (Å²) in [6.07, 6.45) is -1.05. The Hall–Kier alpha value is -3.11. The van der Waals surface area contributed by atoms with E-state index in [9.17, 15) is 19.7 Å². The number of carbonyl (C=O) groups excluding carboxylic acids is 2. The van der Waals surface area contributed by atoms with Gasteiger partial charge in [0, 0.05) is 17.8 Å². The van der Waals surface area contributed by atoms with E-state index in [-0.39, 0.29) is 5.69 Å². The van der Waals surface area contributed by atoms with Gasteiger partial charge in [-0.25, -0.2) is 9.78 Å². The number of nitro groups is 1. The molecule has 1 N–H and O–H groups in total. The number of aromatic nitrogens is 1. The van der Waals surface area contributed by atoms with Gasteiger partial charge in [-0.05, 0) is 37.4 Å². The largest absolute Gasteiger partial charge is 0.448 e. The van der Waals surface area contributed by atoms with Crippen LogP contribution in [0.5, 0.6) is 0 Å². The van der Waals surface area contributed by atoms with Crippen molar-refractivity contribution in [2.45, 2.75) is 20.0 Å². The topological polar surface area (TPSA) is 111 Å². The molecule has 0 spiro atoms. The molecule has 2 heterocycles. The van der Waals surface area contributed by atoms with Crippen LogP contribution in [0.25, 0.3) is 9.88 Å². The summed E-state index contributed by atoms with van der Waals surface area (Å²) < 4.78 is 5.26. The van der Waals surface area contributed by atoms with Gasteiger partial charge in [-0.1, -0.05) is 6.07 Å². The van der Waals surface area contributed by atoms with Crippen LogP contribution in [0.2, 0.25) is 0 Å². The van der Waals surface area contributed by atoms with Crippen molar-refractivity contribution >= 4 is 45.9 Å². The van der Waals surface area contributed by atoms with Gasteiger partial charge >= 0.3 is 5.97 Å². The second kappa shape index (κ2) is 8.28. The molecule has 0 saturated carbocycles. The molecule has 10 heteroatoms. The number of carbonyl (C=O) groups is 2. The summed E-state index contributed by atoms with van der Waals surface area (Å²) in [5.74, 6) is -1.16. The second-order valence-corrected chi connectivity index (χ2v) is 7.70. The fourth-order valence-electron chi connectivity index (χ4n) is 2.27. The van der Waals surface area contributed by atoms with Crippen molar-refractivity contribution in [2.24, 2.45) is 0 Å². The fraction of sp³-hybridized carbons (Fsp3) is 0.167. The first-order chi connectivity index (χ1) is 13.3. The maximum atomic E-state index is 12.4. The lowest BCUT2D eigenvalue weighted by molar-refractivity contribution is -0.384. The van der Waals surface area contributed by atoms with Crippen LogP contribution in [0.15, 0.2) is 41.8 Å². The van der Waals surface area contributed by atoms with Gasteiger partial charge in [-0.3, -0.25) is 14.9 Å².